The molecule has 0 fully saturated rings. The molecule has 0 radical (unpaired) electrons. The summed E-state index contributed by atoms with van der Waals surface area (Å²) in [7, 11) is 0. The van der Waals surface area contributed by atoms with Gasteiger partial charge >= 0.3 is 5.97 Å². The molecular formula is C9H8ClF2NO3. The van der Waals surface area contributed by atoms with Crippen molar-refractivity contribution in [1.29, 1.82) is 0 Å². The van der Waals surface area contributed by atoms with Gasteiger partial charge in [-0.25, -0.2) is 8.78 Å². The van der Waals surface area contributed by atoms with Crippen molar-refractivity contribution in [2.45, 2.75) is 18.7 Å². The van der Waals surface area contributed by atoms with Crippen LogP contribution in [0.25, 0.3) is 0 Å². The van der Waals surface area contributed by atoms with Gasteiger partial charge in [-0.1, -0.05) is 0 Å². The molecule has 0 unspecified atom stereocenters. The van der Waals surface area contributed by atoms with Crippen LogP contribution in [0.2, 0.25) is 0 Å². The van der Waals surface area contributed by atoms with E-state index in [1.807, 2.05) is 0 Å². The lowest BCUT2D eigenvalue weighted by atomic mass is 10.0. The molecule has 4 nitrogen and oxygen atoms in total. The third kappa shape index (κ3) is 2.57. The van der Waals surface area contributed by atoms with E-state index in [1.54, 1.807) is 0 Å². The summed E-state index contributed by atoms with van der Waals surface area (Å²) in [5.41, 5.74) is -0.837. The molecule has 1 aromatic heterocycles. The Morgan fingerprint density at radius 1 is 1.50 bits per heavy atom. The smallest absolute Gasteiger partial charge is 0.307 e. The summed E-state index contributed by atoms with van der Waals surface area (Å²) in [6, 6.07) is 0. The first-order valence-electron chi connectivity index (χ1n) is 4.22. The Kier molecular flexibility index (Phi) is 4.00. The number of aromatic nitrogens is 1. The highest BCUT2D eigenvalue weighted by molar-refractivity contribution is 6.17. The Labute approximate surface area is 94.5 Å². The first-order valence-corrected chi connectivity index (χ1v) is 4.76. The fourth-order valence-electron chi connectivity index (χ4n) is 1.28. The van der Waals surface area contributed by atoms with Gasteiger partial charge in [0.15, 0.2) is 0 Å². The second kappa shape index (κ2) is 5.07. The summed E-state index contributed by atoms with van der Waals surface area (Å²) in [5, 5.41) is 17.9. The number of nitrogens with zero attached hydrogens (tertiary/aromatic N) is 1. The molecule has 0 saturated carbocycles. The van der Waals surface area contributed by atoms with Crippen LogP contribution in [0.3, 0.4) is 0 Å². The molecule has 0 spiro atoms. The van der Waals surface area contributed by atoms with Gasteiger partial charge in [-0.3, -0.25) is 9.78 Å². The largest absolute Gasteiger partial charge is 0.506 e. The van der Waals surface area contributed by atoms with E-state index in [2.05, 4.69) is 4.98 Å². The van der Waals surface area contributed by atoms with Gasteiger partial charge in [0.1, 0.15) is 11.4 Å². The molecule has 2 N–H and O–H groups in total. The lowest BCUT2D eigenvalue weighted by Crippen LogP contribution is -2.07. The minimum Gasteiger partial charge on any atom is -0.506 e. The van der Waals surface area contributed by atoms with Gasteiger partial charge in [-0.2, -0.15) is 0 Å². The van der Waals surface area contributed by atoms with Crippen molar-refractivity contribution in [3.05, 3.63) is 23.0 Å². The van der Waals surface area contributed by atoms with E-state index in [0.29, 0.717) is 0 Å². The number of aromatic hydroxyl groups is 1. The van der Waals surface area contributed by atoms with Crippen LogP contribution in [0.4, 0.5) is 8.78 Å². The first kappa shape index (κ1) is 12.6. The van der Waals surface area contributed by atoms with Crippen LogP contribution in [-0.4, -0.2) is 21.2 Å². The SMILES string of the molecule is O=C(O)Cc1c(O)cnc(C(F)F)c1CCl. The van der Waals surface area contributed by atoms with Gasteiger partial charge in [-0.15, -0.1) is 11.6 Å². The maximum Gasteiger partial charge on any atom is 0.307 e. The van der Waals surface area contributed by atoms with Crippen molar-refractivity contribution in [2.75, 3.05) is 0 Å². The monoisotopic (exact) mass is 251 g/mol. The highest BCUT2D eigenvalue weighted by Crippen LogP contribution is 2.30. The van der Waals surface area contributed by atoms with E-state index < -0.39 is 30.3 Å². The summed E-state index contributed by atoms with van der Waals surface area (Å²) in [4.78, 5) is 13.8. The number of rotatable bonds is 4. The van der Waals surface area contributed by atoms with Gasteiger partial charge < -0.3 is 10.2 Å². The van der Waals surface area contributed by atoms with E-state index in [9.17, 15) is 18.7 Å². The average molecular weight is 252 g/mol. The van der Waals surface area contributed by atoms with E-state index >= 15 is 0 Å². The first-order chi connectivity index (χ1) is 7.47. The lowest BCUT2D eigenvalue weighted by Gasteiger charge is -2.11. The van der Waals surface area contributed by atoms with E-state index in [4.69, 9.17) is 16.7 Å². The zero-order valence-corrected chi connectivity index (χ0v) is 8.71. The van der Waals surface area contributed by atoms with Gasteiger partial charge in [0.2, 0.25) is 0 Å². The molecule has 0 amide bonds. The number of halogens is 3. The molecule has 0 aliphatic rings. The van der Waals surface area contributed by atoms with Crippen LogP contribution in [0.5, 0.6) is 5.75 Å². The fraction of sp³-hybridized carbons (Fsp3) is 0.333. The molecule has 0 aliphatic heterocycles. The Balaban J connectivity index is 3.32. The Bertz CT molecular complexity index is 412. The van der Waals surface area contributed by atoms with Gasteiger partial charge in [0.05, 0.1) is 12.6 Å². The van der Waals surface area contributed by atoms with Crippen LogP contribution >= 0.6 is 11.6 Å². The molecule has 0 aromatic carbocycles. The fourth-order valence-corrected chi connectivity index (χ4v) is 1.58. The van der Waals surface area contributed by atoms with E-state index in [0.717, 1.165) is 6.20 Å². The van der Waals surface area contributed by atoms with Crippen molar-refractivity contribution in [1.82, 2.24) is 4.98 Å². The van der Waals surface area contributed by atoms with Gasteiger partial charge in [0.25, 0.3) is 6.43 Å². The number of hydrogen-bond acceptors (Lipinski definition) is 3. The van der Waals surface area contributed by atoms with Gasteiger partial charge in [-0.05, 0) is 0 Å². The minimum absolute atomic E-state index is 0.118. The van der Waals surface area contributed by atoms with Crippen molar-refractivity contribution in [2.24, 2.45) is 0 Å². The van der Waals surface area contributed by atoms with Crippen LogP contribution in [0.15, 0.2) is 6.20 Å². The minimum atomic E-state index is -2.86. The van der Waals surface area contributed by atoms with Crippen molar-refractivity contribution in [3.8, 4) is 5.75 Å². The summed E-state index contributed by atoms with van der Waals surface area (Å²) in [6.45, 7) is 0. The van der Waals surface area contributed by atoms with E-state index in [-0.39, 0.29) is 17.0 Å². The highest BCUT2D eigenvalue weighted by Gasteiger charge is 2.21. The van der Waals surface area contributed by atoms with Crippen LogP contribution in [0.1, 0.15) is 23.2 Å². The second-order valence-electron chi connectivity index (χ2n) is 2.99. The second-order valence-corrected chi connectivity index (χ2v) is 3.26. The number of carboxylic acids is 1. The number of pyridine rings is 1. The molecule has 1 aromatic rings. The summed E-state index contributed by atoms with van der Waals surface area (Å²) in [5.74, 6) is -2.01. The van der Waals surface area contributed by atoms with Crippen LogP contribution in [0, 0.1) is 0 Å². The molecule has 0 saturated heterocycles. The molecule has 7 heteroatoms. The molecule has 1 heterocycles. The molecule has 0 bridgehead atoms. The maximum absolute atomic E-state index is 12.5. The normalized spacial score (nSPS) is 10.8. The zero-order chi connectivity index (χ0) is 12.3. The number of carbonyl (C=O) groups is 1. The molecule has 0 aliphatic carbocycles. The number of alkyl halides is 3. The maximum atomic E-state index is 12.5. The molecule has 1 rings (SSSR count). The molecule has 88 valence electrons. The van der Waals surface area contributed by atoms with Crippen LogP contribution < -0.4 is 0 Å². The standard InChI is InChI=1S/C9H8ClF2NO3/c10-2-5-4(1-7(15)16)6(14)3-13-8(5)9(11)12/h3,9,14H,1-2H2,(H,15,16). The number of aliphatic carboxylic acids is 1. The highest BCUT2D eigenvalue weighted by atomic mass is 35.5. The number of hydrogen-bond donors (Lipinski definition) is 2. The summed E-state index contributed by atoms with van der Waals surface area (Å²) in [6.07, 6.45) is -2.63. The van der Waals surface area contributed by atoms with E-state index in [1.165, 1.54) is 0 Å². The topological polar surface area (TPSA) is 70.4 Å². The predicted molar refractivity (Wildman–Crippen MR) is 51.8 cm³/mol. The molecule has 16 heavy (non-hydrogen) atoms. The third-order valence-electron chi connectivity index (χ3n) is 1.98. The van der Waals surface area contributed by atoms with Gasteiger partial charge in [0, 0.05) is 17.0 Å². The van der Waals surface area contributed by atoms with Crippen molar-refractivity contribution < 1.29 is 23.8 Å². The Morgan fingerprint density at radius 2 is 2.12 bits per heavy atom. The Morgan fingerprint density at radius 3 is 2.56 bits per heavy atom. The Hall–Kier alpha value is -1.43. The predicted octanol–water partition coefficient (Wildman–Crippen LogP) is 2.09. The quantitative estimate of drug-likeness (QED) is 0.804. The number of carboxylic acid groups (broad SMARTS) is 1. The third-order valence-corrected chi connectivity index (χ3v) is 2.24. The summed E-state index contributed by atoms with van der Waals surface area (Å²) >= 11 is 5.46. The summed E-state index contributed by atoms with van der Waals surface area (Å²) < 4.78 is 25.0. The molecule has 0 atom stereocenters. The van der Waals surface area contributed by atoms with Crippen LogP contribution in [-0.2, 0) is 17.1 Å². The van der Waals surface area contributed by atoms with Crippen molar-refractivity contribution in [3.63, 3.8) is 0 Å². The average Bonchev–Trinajstić information content (AvgIpc) is 2.19. The molecular weight excluding hydrogens is 244 g/mol. The lowest BCUT2D eigenvalue weighted by molar-refractivity contribution is -0.136. The van der Waals surface area contributed by atoms with Crippen molar-refractivity contribution >= 4 is 17.6 Å². The zero-order valence-electron chi connectivity index (χ0n) is 7.95.